The highest BCUT2D eigenvalue weighted by Gasteiger charge is 2.26. The number of para-hydroxylation sites is 1. The molecule has 0 bridgehead atoms. The van der Waals surface area contributed by atoms with Gasteiger partial charge in [0.15, 0.2) is 0 Å². The smallest absolute Gasteiger partial charge is 0.316 e. The van der Waals surface area contributed by atoms with E-state index in [1.165, 1.54) is 0 Å². The van der Waals surface area contributed by atoms with Gasteiger partial charge in [0.25, 0.3) is 0 Å². The molecule has 0 aliphatic rings. The summed E-state index contributed by atoms with van der Waals surface area (Å²) in [6.45, 7) is 9.08. The molecular formula is C19H21NO3. The second-order valence-corrected chi connectivity index (χ2v) is 6.64. The number of rotatable bonds is 3. The van der Waals surface area contributed by atoms with Gasteiger partial charge in [-0.3, -0.25) is 14.6 Å². The minimum atomic E-state index is -0.645. The topological polar surface area (TPSA) is 56.3 Å². The fraction of sp³-hybridized carbons (Fsp3) is 0.316. The molecule has 4 heteroatoms. The highest BCUT2D eigenvalue weighted by molar-refractivity contribution is 6.10. The molecular weight excluding hydrogens is 290 g/mol. The van der Waals surface area contributed by atoms with Gasteiger partial charge in [0.05, 0.1) is 11.0 Å². The minimum absolute atomic E-state index is 0.250. The maximum Gasteiger partial charge on any atom is 0.316 e. The van der Waals surface area contributed by atoms with E-state index >= 15 is 0 Å². The first-order chi connectivity index (χ1) is 10.7. The van der Waals surface area contributed by atoms with E-state index in [0.29, 0.717) is 11.3 Å². The summed E-state index contributed by atoms with van der Waals surface area (Å²) in [4.78, 5) is 29.1. The van der Waals surface area contributed by atoms with Gasteiger partial charge in [-0.05, 0) is 57.9 Å². The van der Waals surface area contributed by atoms with Gasteiger partial charge < -0.3 is 4.74 Å². The van der Waals surface area contributed by atoms with Crippen LogP contribution in [0.3, 0.4) is 0 Å². The van der Waals surface area contributed by atoms with Crippen LogP contribution in [0.25, 0.3) is 0 Å². The van der Waals surface area contributed by atoms with Gasteiger partial charge in [0.1, 0.15) is 11.4 Å². The fourth-order valence-corrected chi connectivity index (χ4v) is 2.08. The van der Waals surface area contributed by atoms with Crippen LogP contribution in [0.2, 0.25) is 0 Å². The first-order valence-electron chi connectivity index (χ1n) is 7.49. The van der Waals surface area contributed by atoms with Crippen molar-refractivity contribution in [1.82, 2.24) is 4.98 Å². The number of pyridine rings is 1. The number of aromatic nitrogens is 1. The lowest BCUT2D eigenvalue weighted by Crippen LogP contribution is -2.26. The van der Waals surface area contributed by atoms with E-state index in [2.05, 4.69) is 4.98 Å². The number of ketones is 1. The van der Waals surface area contributed by atoms with E-state index in [-0.39, 0.29) is 17.5 Å². The summed E-state index contributed by atoms with van der Waals surface area (Å²) in [5.74, 6) is -0.370. The van der Waals surface area contributed by atoms with Gasteiger partial charge in [-0.25, -0.2) is 0 Å². The predicted octanol–water partition coefficient (Wildman–Crippen LogP) is 3.88. The summed E-state index contributed by atoms with van der Waals surface area (Å²) in [5, 5.41) is 0. The zero-order valence-corrected chi connectivity index (χ0v) is 14.1. The SMILES string of the molecule is Cc1cnc(C(=O)c2ccccc2OC(=O)C(C)(C)C)c(C)c1. The molecule has 120 valence electrons. The van der Waals surface area contributed by atoms with E-state index in [0.717, 1.165) is 11.1 Å². The Labute approximate surface area is 136 Å². The lowest BCUT2D eigenvalue weighted by molar-refractivity contribution is -0.143. The van der Waals surface area contributed by atoms with Crippen molar-refractivity contribution in [3.8, 4) is 5.75 Å². The molecule has 0 unspecified atom stereocenters. The van der Waals surface area contributed by atoms with Crippen LogP contribution in [0.1, 0.15) is 48.0 Å². The Hall–Kier alpha value is -2.49. The van der Waals surface area contributed by atoms with Crippen molar-refractivity contribution in [2.24, 2.45) is 5.41 Å². The number of hydrogen-bond donors (Lipinski definition) is 0. The summed E-state index contributed by atoms with van der Waals surface area (Å²) in [5.41, 5.74) is 1.85. The van der Waals surface area contributed by atoms with Gasteiger partial charge in [0, 0.05) is 6.20 Å². The summed E-state index contributed by atoms with van der Waals surface area (Å²) < 4.78 is 5.43. The maximum atomic E-state index is 12.8. The second kappa shape index (κ2) is 6.32. The molecule has 23 heavy (non-hydrogen) atoms. The Morgan fingerprint density at radius 1 is 1.09 bits per heavy atom. The van der Waals surface area contributed by atoms with Crippen molar-refractivity contribution >= 4 is 11.8 Å². The van der Waals surface area contributed by atoms with Gasteiger partial charge in [-0.2, -0.15) is 0 Å². The molecule has 0 aliphatic heterocycles. The summed E-state index contributed by atoms with van der Waals surface area (Å²) >= 11 is 0. The number of ether oxygens (including phenoxy) is 1. The lowest BCUT2D eigenvalue weighted by Gasteiger charge is -2.17. The molecule has 0 saturated carbocycles. The zero-order valence-electron chi connectivity index (χ0n) is 14.1. The molecule has 0 spiro atoms. The van der Waals surface area contributed by atoms with Crippen LogP contribution < -0.4 is 4.74 Å². The van der Waals surface area contributed by atoms with E-state index < -0.39 is 5.41 Å². The minimum Gasteiger partial charge on any atom is -0.425 e. The van der Waals surface area contributed by atoms with Crippen LogP contribution in [-0.4, -0.2) is 16.7 Å². The average Bonchev–Trinajstić information content (AvgIpc) is 2.46. The Kier molecular flexibility index (Phi) is 4.64. The number of hydrogen-bond acceptors (Lipinski definition) is 4. The van der Waals surface area contributed by atoms with Gasteiger partial charge in [-0.15, -0.1) is 0 Å². The van der Waals surface area contributed by atoms with E-state index in [1.807, 2.05) is 19.9 Å². The third kappa shape index (κ3) is 3.83. The lowest BCUT2D eigenvalue weighted by atomic mass is 9.97. The molecule has 0 N–H and O–H groups in total. The first kappa shape index (κ1) is 16.9. The first-order valence-corrected chi connectivity index (χ1v) is 7.49. The van der Waals surface area contributed by atoms with Crippen molar-refractivity contribution in [3.05, 3.63) is 58.9 Å². The second-order valence-electron chi connectivity index (χ2n) is 6.64. The van der Waals surface area contributed by atoms with Crippen LogP contribution in [0.5, 0.6) is 5.75 Å². The quantitative estimate of drug-likeness (QED) is 0.490. The van der Waals surface area contributed by atoms with Crippen LogP contribution >= 0.6 is 0 Å². The molecule has 0 fully saturated rings. The van der Waals surface area contributed by atoms with E-state index in [1.54, 1.807) is 51.2 Å². The Morgan fingerprint density at radius 2 is 1.74 bits per heavy atom. The Balaban J connectivity index is 2.40. The molecule has 2 aromatic rings. The third-order valence-electron chi connectivity index (χ3n) is 3.38. The predicted molar refractivity (Wildman–Crippen MR) is 88.7 cm³/mol. The number of nitrogens with zero attached hydrogens (tertiary/aromatic N) is 1. The summed E-state index contributed by atoms with van der Waals surface area (Å²) in [6.07, 6.45) is 1.66. The third-order valence-corrected chi connectivity index (χ3v) is 3.38. The molecule has 0 atom stereocenters. The number of carbonyl (C=O) groups is 2. The largest absolute Gasteiger partial charge is 0.425 e. The van der Waals surface area contributed by atoms with Crippen LogP contribution in [-0.2, 0) is 4.79 Å². The number of benzene rings is 1. The fourth-order valence-electron chi connectivity index (χ4n) is 2.08. The standard InChI is InChI=1S/C19H21NO3/c1-12-10-13(2)16(20-11-12)17(21)14-8-6-7-9-15(14)23-18(22)19(3,4)5/h6-11H,1-5H3. The number of esters is 1. The molecule has 2 rings (SSSR count). The van der Waals surface area contributed by atoms with Crippen molar-refractivity contribution in [3.63, 3.8) is 0 Å². The van der Waals surface area contributed by atoms with Gasteiger partial charge in [0.2, 0.25) is 5.78 Å². The Morgan fingerprint density at radius 3 is 2.35 bits per heavy atom. The molecule has 0 saturated heterocycles. The molecule has 1 aromatic heterocycles. The van der Waals surface area contributed by atoms with Gasteiger partial charge >= 0.3 is 5.97 Å². The highest BCUT2D eigenvalue weighted by atomic mass is 16.5. The van der Waals surface area contributed by atoms with Crippen molar-refractivity contribution in [1.29, 1.82) is 0 Å². The van der Waals surface area contributed by atoms with Gasteiger partial charge in [-0.1, -0.05) is 18.2 Å². The number of carbonyl (C=O) groups excluding carboxylic acids is 2. The monoisotopic (exact) mass is 311 g/mol. The summed E-state index contributed by atoms with van der Waals surface area (Å²) in [6, 6.07) is 8.65. The molecule has 0 amide bonds. The van der Waals surface area contributed by atoms with Crippen molar-refractivity contribution < 1.29 is 14.3 Å². The van der Waals surface area contributed by atoms with Crippen molar-refractivity contribution in [2.45, 2.75) is 34.6 Å². The highest BCUT2D eigenvalue weighted by Crippen LogP contribution is 2.25. The summed E-state index contributed by atoms with van der Waals surface area (Å²) in [7, 11) is 0. The van der Waals surface area contributed by atoms with E-state index in [9.17, 15) is 9.59 Å². The normalized spacial score (nSPS) is 11.2. The maximum absolute atomic E-state index is 12.8. The van der Waals surface area contributed by atoms with E-state index in [4.69, 9.17) is 4.74 Å². The molecule has 0 radical (unpaired) electrons. The molecule has 4 nitrogen and oxygen atoms in total. The Bertz CT molecular complexity index is 757. The molecule has 0 aliphatic carbocycles. The average molecular weight is 311 g/mol. The van der Waals surface area contributed by atoms with Crippen LogP contribution in [0.4, 0.5) is 0 Å². The zero-order chi connectivity index (χ0) is 17.2. The molecule has 1 heterocycles. The van der Waals surface area contributed by atoms with Crippen LogP contribution in [0, 0.1) is 19.3 Å². The van der Waals surface area contributed by atoms with Crippen molar-refractivity contribution in [2.75, 3.05) is 0 Å². The molecule has 1 aromatic carbocycles. The van der Waals surface area contributed by atoms with Crippen LogP contribution in [0.15, 0.2) is 36.5 Å². The number of aryl methyl sites for hydroxylation is 2.